The molecule has 1 aliphatic rings. The molecule has 7 nitrogen and oxygen atoms in total. The van der Waals surface area contributed by atoms with E-state index in [0.29, 0.717) is 22.6 Å². The fourth-order valence-corrected chi connectivity index (χ4v) is 5.39. The molecule has 0 spiro atoms. The number of amides is 1. The average Bonchev–Trinajstić information content (AvgIpc) is 2.77. The van der Waals surface area contributed by atoms with Gasteiger partial charge in [-0.05, 0) is 91.3 Å². The maximum atomic E-state index is 12.6. The minimum absolute atomic E-state index is 0.170. The van der Waals surface area contributed by atoms with Crippen LogP contribution in [0.15, 0.2) is 36.7 Å². The van der Waals surface area contributed by atoms with Gasteiger partial charge in [-0.3, -0.25) is 15.3 Å². The Balaban J connectivity index is 1.76. The number of nitrogens with one attached hydrogen (secondary N) is 1. The molecule has 0 saturated heterocycles. The highest BCUT2D eigenvalue weighted by atomic mass is 32.2. The summed E-state index contributed by atoms with van der Waals surface area (Å²) in [5.74, 6) is 7.10. The fourth-order valence-electron chi connectivity index (χ4n) is 3.94. The molecule has 1 saturated carbocycles. The normalized spacial score (nSPS) is 18.6. The van der Waals surface area contributed by atoms with Gasteiger partial charge < -0.3 is 4.74 Å². The molecule has 0 aliphatic heterocycles. The van der Waals surface area contributed by atoms with Gasteiger partial charge in [0.25, 0.3) is 0 Å². The number of anilines is 1. The van der Waals surface area contributed by atoms with Crippen LogP contribution < -0.4 is 5.32 Å². The van der Waals surface area contributed by atoms with Crippen molar-refractivity contribution in [2.75, 3.05) is 11.1 Å². The molecule has 1 aliphatic carbocycles. The van der Waals surface area contributed by atoms with Crippen LogP contribution in [0.2, 0.25) is 0 Å². The third-order valence-corrected chi connectivity index (χ3v) is 8.89. The molecule has 1 fully saturated rings. The summed E-state index contributed by atoms with van der Waals surface area (Å²) >= 11 is 0. The molecule has 1 amide bonds. The SMILES string of the molecule is CC(C)(C)OC(=O)Nc1cc(-c2ccccn2)ncc1C#CC1CCC(CS(=O)(=O)C(C)(C)C)CC1. The first kappa shape index (κ1) is 27.7. The van der Waals surface area contributed by atoms with Gasteiger partial charge in [0, 0.05) is 18.3 Å². The van der Waals surface area contributed by atoms with E-state index in [4.69, 9.17) is 4.74 Å². The number of sulfone groups is 1. The lowest BCUT2D eigenvalue weighted by atomic mass is 9.83. The van der Waals surface area contributed by atoms with Crippen LogP contribution in [0.25, 0.3) is 11.4 Å². The first-order chi connectivity index (χ1) is 16.7. The zero-order valence-corrected chi connectivity index (χ0v) is 22.9. The van der Waals surface area contributed by atoms with Crippen LogP contribution in [0.3, 0.4) is 0 Å². The van der Waals surface area contributed by atoms with Crippen LogP contribution in [-0.4, -0.2) is 40.6 Å². The Morgan fingerprint density at radius 3 is 2.33 bits per heavy atom. The molecule has 1 N–H and O–H groups in total. The van der Waals surface area contributed by atoms with E-state index in [-0.39, 0.29) is 17.6 Å². The Morgan fingerprint density at radius 2 is 1.75 bits per heavy atom. The molecule has 0 atom stereocenters. The van der Waals surface area contributed by atoms with E-state index in [1.807, 2.05) is 39.0 Å². The number of rotatable bonds is 4. The topological polar surface area (TPSA) is 98.2 Å². The number of aromatic nitrogens is 2. The van der Waals surface area contributed by atoms with Crippen LogP contribution in [-0.2, 0) is 14.6 Å². The molecule has 0 unspecified atom stereocenters. The second-order valence-corrected chi connectivity index (χ2v) is 14.1. The second kappa shape index (κ2) is 11.0. The van der Waals surface area contributed by atoms with E-state index in [1.54, 1.807) is 39.2 Å². The minimum atomic E-state index is -3.13. The number of carbonyl (C=O) groups excluding carboxylic acids is 1. The van der Waals surface area contributed by atoms with E-state index in [9.17, 15) is 13.2 Å². The molecule has 36 heavy (non-hydrogen) atoms. The molecule has 194 valence electrons. The van der Waals surface area contributed by atoms with Gasteiger partial charge in [0.2, 0.25) is 0 Å². The van der Waals surface area contributed by atoms with Gasteiger partial charge in [-0.2, -0.15) is 0 Å². The van der Waals surface area contributed by atoms with Crippen molar-refractivity contribution in [1.29, 1.82) is 0 Å². The van der Waals surface area contributed by atoms with E-state index < -0.39 is 26.3 Å². The Hall–Kier alpha value is -2.92. The largest absolute Gasteiger partial charge is 0.444 e. The predicted molar refractivity (Wildman–Crippen MR) is 143 cm³/mol. The Bertz CT molecular complexity index is 1230. The molecular weight excluding hydrogens is 474 g/mol. The van der Waals surface area contributed by atoms with Gasteiger partial charge in [-0.15, -0.1) is 0 Å². The number of nitrogens with zero attached hydrogens (tertiary/aromatic N) is 2. The van der Waals surface area contributed by atoms with Gasteiger partial charge in [0.1, 0.15) is 5.60 Å². The lowest BCUT2D eigenvalue weighted by Gasteiger charge is -2.28. The van der Waals surface area contributed by atoms with Gasteiger partial charge in [0.05, 0.1) is 33.1 Å². The Kier molecular flexibility index (Phi) is 8.45. The van der Waals surface area contributed by atoms with Crippen LogP contribution in [0, 0.1) is 23.7 Å². The van der Waals surface area contributed by atoms with Crippen molar-refractivity contribution < 1.29 is 17.9 Å². The average molecular weight is 512 g/mol. The predicted octanol–water partition coefficient (Wildman–Crippen LogP) is 5.86. The van der Waals surface area contributed by atoms with E-state index in [1.165, 1.54) is 0 Å². The molecule has 3 rings (SSSR count). The summed E-state index contributed by atoms with van der Waals surface area (Å²) in [4.78, 5) is 21.3. The van der Waals surface area contributed by atoms with E-state index in [0.717, 1.165) is 25.7 Å². The maximum absolute atomic E-state index is 12.6. The van der Waals surface area contributed by atoms with Crippen molar-refractivity contribution in [3.05, 3.63) is 42.2 Å². The smallest absolute Gasteiger partial charge is 0.412 e. The second-order valence-electron chi connectivity index (χ2n) is 11.3. The van der Waals surface area contributed by atoms with Crippen LogP contribution in [0.5, 0.6) is 0 Å². The van der Waals surface area contributed by atoms with Gasteiger partial charge in [-0.25, -0.2) is 13.2 Å². The monoisotopic (exact) mass is 511 g/mol. The highest BCUT2D eigenvalue weighted by Crippen LogP contribution is 2.32. The maximum Gasteiger partial charge on any atom is 0.412 e. The molecule has 2 aromatic rings. The molecule has 0 bridgehead atoms. The van der Waals surface area contributed by atoms with Crippen molar-refractivity contribution >= 4 is 21.6 Å². The van der Waals surface area contributed by atoms with Crippen molar-refractivity contribution in [2.45, 2.75) is 77.6 Å². The number of ether oxygens (including phenoxy) is 1. The third-order valence-electron chi connectivity index (χ3n) is 6.11. The minimum Gasteiger partial charge on any atom is -0.444 e. The zero-order chi connectivity index (χ0) is 26.6. The molecular formula is C28H37N3O4S. The first-order valence-corrected chi connectivity index (χ1v) is 14.0. The first-order valence-electron chi connectivity index (χ1n) is 12.4. The summed E-state index contributed by atoms with van der Waals surface area (Å²) < 4.78 is 29.8. The van der Waals surface area contributed by atoms with Crippen LogP contribution in [0.4, 0.5) is 10.5 Å². The standard InChI is InChI=1S/C28H37N3O4S/c1-27(2,3)35-26(32)31-24-17-25(23-9-7-8-16-29-23)30-18-22(24)15-14-20-10-12-21(13-11-20)19-36(33,34)28(4,5)6/h7-9,16-18,20-21H,10-13,19H2,1-6H3,(H,30,31,32). The number of pyridine rings is 2. The number of carbonyl (C=O) groups is 1. The summed E-state index contributed by atoms with van der Waals surface area (Å²) in [6, 6.07) is 7.31. The van der Waals surface area contributed by atoms with Crippen LogP contribution >= 0.6 is 0 Å². The Morgan fingerprint density at radius 1 is 1.06 bits per heavy atom. The lowest BCUT2D eigenvalue weighted by molar-refractivity contribution is 0.0636. The van der Waals surface area contributed by atoms with Crippen molar-refractivity contribution in [3.8, 4) is 23.2 Å². The molecule has 0 aromatic carbocycles. The molecule has 2 aromatic heterocycles. The summed E-state index contributed by atoms with van der Waals surface area (Å²) in [5, 5.41) is 2.81. The summed E-state index contributed by atoms with van der Waals surface area (Å²) in [7, 11) is -3.13. The highest BCUT2D eigenvalue weighted by Gasteiger charge is 2.33. The van der Waals surface area contributed by atoms with Crippen molar-refractivity contribution in [1.82, 2.24) is 9.97 Å². The van der Waals surface area contributed by atoms with Gasteiger partial charge >= 0.3 is 6.09 Å². The Labute approximate surface area is 215 Å². The molecule has 2 heterocycles. The summed E-state index contributed by atoms with van der Waals surface area (Å²) in [5.41, 5.74) is 1.78. The van der Waals surface area contributed by atoms with Crippen molar-refractivity contribution in [3.63, 3.8) is 0 Å². The third kappa shape index (κ3) is 7.79. The summed E-state index contributed by atoms with van der Waals surface area (Å²) in [6.07, 6.45) is 6.16. The summed E-state index contributed by atoms with van der Waals surface area (Å²) in [6.45, 7) is 10.7. The quantitative estimate of drug-likeness (QED) is 0.516. The fraction of sp³-hybridized carbons (Fsp3) is 0.536. The molecule has 0 radical (unpaired) electrons. The van der Waals surface area contributed by atoms with E-state index >= 15 is 0 Å². The van der Waals surface area contributed by atoms with Gasteiger partial charge in [-0.1, -0.05) is 17.9 Å². The zero-order valence-electron chi connectivity index (χ0n) is 22.1. The van der Waals surface area contributed by atoms with Crippen molar-refractivity contribution in [2.24, 2.45) is 11.8 Å². The number of hydrogen-bond acceptors (Lipinski definition) is 6. The van der Waals surface area contributed by atoms with Crippen LogP contribution in [0.1, 0.15) is 72.8 Å². The highest BCUT2D eigenvalue weighted by molar-refractivity contribution is 7.92. The molecule has 8 heteroatoms. The van der Waals surface area contributed by atoms with Gasteiger partial charge in [0.15, 0.2) is 9.84 Å². The van der Waals surface area contributed by atoms with E-state index in [2.05, 4.69) is 27.1 Å². The lowest BCUT2D eigenvalue weighted by Crippen LogP contribution is -2.34. The number of hydrogen-bond donors (Lipinski definition) is 1.